The van der Waals surface area contributed by atoms with Gasteiger partial charge in [0.25, 0.3) is 0 Å². The molecule has 1 unspecified atom stereocenters. The van der Waals surface area contributed by atoms with Crippen molar-refractivity contribution in [3.05, 3.63) is 28.8 Å². The molecule has 1 aromatic rings. The smallest absolute Gasteiger partial charge is 0.337 e. The number of hydrogen-bond acceptors (Lipinski definition) is 3. The molecule has 1 atom stereocenters. The van der Waals surface area contributed by atoms with E-state index >= 15 is 0 Å². The lowest BCUT2D eigenvalue weighted by Gasteiger charge is -2.12. The molecule has 6 heteroatoms. The summed E-state index contributed by atoms with van der Waals surface area (Å²) in [7, 11) is 0. The van der Waals surface area contributed by atoms with Crippen LogP contribution in [0.5, 0.6) is 0 Å². The third-order valence-corrected chi connectivity index (χ3v) is 4.17. The molecule has 1 fully saturated rings. The van der Waals surface area contributed by atoms with Gasteiger partial charge in [-0.3, -0.25) is 4.79 Å². The molecule has 0 saturated carbocycles. The number of rotatable bonds is 3. The van der Waals surface area contributed by atoms with Crippen molar-refractivity contribution < 1.29 is 14.7 Å². The minimum atomic E-state index is -1.10. The molecule has 18 heavy (non-hydrogen) atoms. The van der Waals surface area contributed by atoms with Crippen LogP contribution in [-0.4, -0.2) is 28.5 Å². The molecular formula is C12H12ClNO3S. The van der Waals surface area contributed by atoms with Gasteiger partial charge in [-0.2, -0.15) is 11.8 Å². The Hall–Kier alpha value is -1.20. The molecule has 4 nitrogen and oxygen atoms in total. The SMILES string of the molecule is O=C(O)c1cc(Cl)ccc1NC(=O)C1CCSC1. The van der Waals surface area contributed by atoms with Gasteiger partial charge < -0.3 is 10.4 Å². The third kappa shape index (κ3) is 2.97. The van der Waals surface area contributed by atoms with Gasteiger partial charge in [-0.05, 0) is 30.4 Å². The topological polar surface area (TPSA) is 66.4 Å². The zero-order valence-corrected chi connectivity index (χ0v) is 11.1. The Morgan fingerprint density at radius 3 is 2.83 bits per heavy atom. The van der Waals surface area contributed by atoms with Crippen LogP contribution in [0.1, 0.15) is 16.8 Å². The molecule has 0 radical (unpaired) electrons. The third-order valence-electron chi connectivity index (χ3n) is 2.77. The lowest BCUT2D eigenvalue weighted by molar-refractivity contribution is -0.119. The second-order valence-electron chi connectivity index (χ2n) is 4.04. The lowest BCUT2D eigenvalue weighted by Crippen LogP contribution is -2.23. The van der Waals surface area contributed by atoms with Crippen LogP contribution in [0.4, 0.5) is 5.69 Å². The fourth-order valence-electron chi connectivity index (χ4n) is 1.78. The number of benzene rings is 1. The largest absolute Gasteiger partial charge is 0.478 e. The Morgan fingerprint density at radius 1 is 1.44 bits per heavy atom. The number of carbonyl (C=O) groups excluding carboxylic acids is 1. The van der Waals surface area contributed by atoms with Crippen LogP contribution in [0.2, 0.25) is 5.02 Å². The molecule has 0 spiro atoms. The van der Waals surface area contributed by atoms with Crippen molar-refractivity contribution in [3.63, 3.8) is 0 Å². The zero-order valence-electron chi connectivity index (χ0n) is 9.48. The highest BCUT2D eigenvalue weighted by Crippen LogP contribution is 2.26. The monoisotopic (exact) mass is 285 g/mol. The van der Waals surface area contributed by atoms with E-state index in [2.05, 4.69) is 5.32 Å². The predicted molar refractivity (Wildman–Crippen MR) is 72.5 cm³/mol. The number of carboxylic acid groups (broad SMARTS) is 1. The predicted octanol–water partition coefficient (Wildman–Crippen LogP) is 2.73. The first-order valence-electron chi connectivity index (χ1n) is 5.49. The fraction of sp³-hybridized carbons (Fsp3) is 0.333. The van der Waals surface area contributed by atoms with Crippen LogP contribution in [0.15, 0.2) is 18.2 Å². The second kappa shape index (κ2) is 5.63. The molecule has 1 amide bonds. The number of amides is 1. The lowest BCUT2D eigenvalue weighted by atomic mass is 10.1. The van der Waals surface area contributed by atoms with Gasteiger partial charge in [0.1, 0.15) is 0 Å². The quantitative estimate of drug-likeness (QED) is 0.896. The molecule has 0 bridgehead atoms. The van der Waals surface area contributed by atoms with E-state index in [1.165, 1.54) is 12.1 Å². The Balaban J connectivity index is 2.17. The molecule has 1 aliphatic rings. The number of carbonyl (C=O) groups is 2. The van der Waals surface area contributed by atoms with Crippen LogP contribution < -0.4 is 5.32 Å². The highest BCUT2D eigenvalue weighted by atomic mass is 35.5. The number of nitrogens with one attached hydrogen (secondary N) is 1. The van der Waals surface area contributed by atoms with Gasteiger partial charge >= 0.3 is 5.97 Å². The van der Waals surface area contributed by atoms with E-state index in [1.807, 2.05) is 0 Å². The number of hydrogen-bond donors (Lipinski definition) is 2. The summed E-state index contributed by atoms with van der Waals surface area (Å²) in [4.78, 5) is 23.0. The van der Waals surface area contributed by atoms with E-state index in [1.54, 1.807) is 17.8 Å². The summed E-state index contributed by atoms with van der Waals surface area (Å²) in [6.45, 7) is 0. The number of aromatic carboxylic acids is 1. The van der Waals surface area contributed by atoms with Crippen molar-refractivity contribution in [1.29, 1.82) is 0 Å². The van der Waals surface area contributed by atoms with Gasteiger partial charge in [0.05, 0.1) is 11.3 Å². The average molecular weight is 286 g/mol. The van der Waals surface area contributed by atoms with E-state index in [4.69, 9.17) is 16.7 Å². The van der Waals surface area contributed by atoms with Crippen molar-refractivity contribution >= 4 is 40.9 Å². The van der Waals surface area contributed by atoms with Gasteiger partial charge in [0.2, 0.25) is 5.91 Å². The summed E-state index contributed by atoms with van der Waals surface area (Å²) >= 11 is 7.48. The summed E-state index contributed by atoms with van der Waals surface area (Å²) < 4.78 is 0. The number of anilines is 1. The number of carboxylic acids is 1. The van der Waals surface area contributed by atoms with Crippen molar-refractivity contribution in [2.75, 3.05) is 16.8 Å². The van der Waals surface area contributed by atoms with Gasteiger partial charge in [0, 0.05) is 16.7 Å². The van der Waals surface area contributed by atoms with Crippen LogP contribution in [0.25, 0.3) is 0 Å². The van der Waals surface area contributed by atoms with E-state index in [-0.39, 0.29) is 17.4 Å². The normalized spacial score (nSPS) is 18.6. The highest BCUT2D eigenvalue weighted by Gasteiger charge is 2.24. The summed E-state index contributed by atoms with van der Waals surface area (Å²) in [6.07, 6.45) is 0.840. The van der Waals surface area contributed by atoms with E-state index in [0.29, 0.717) is 10.7 Å². The maximum Gasteiger partial charge on any atom is 0.337 e. The van der Waals surface area contributed by atoms with Crippen LogP contribution in [0.3, 0.4) is 0 Å². The first-order valence-corrected chi connectivity index (χ1v) is 7.02. The van der Waals surface area contributed by atoms with Crippen molar-refractivity contribution in [2.45, 2.75) is 6.42 Å². The Bertz CT molecular complexity index is 486. The van der Waals surface area contributed by atoms with Crippen molar-refractivity contribution in [1.82, 2.24) is 0 Å². The molecule has 0 aromatic heterocycles. The van der Waals surface area contributed by atoms with Crippen LogP contribution in [0, 0.1) is 5.92 Å². The number of thioether (sulfide) groups is 1. The van der Waals surface area contributed by atoms with Crippen molar-refractivity contribution in [3.8, 4) is 0 Å². The summed E-state index contributed by atoms with van der Waals surface area (Å²) in [6, 6.07) is 4.42. The van der Waals surface area contributed by atoms with Gasteiger partial charge in [0.15, 0.2) is 0 Å². The molecule has 1 saturated heterocycles. The summed E-state index contributed by atoms with van der Waals surface area (Å²) in [5.41, 5.74) is 0.315. The van der Waals surface area contributed by atoms with Gasteiger partial charge in [-0.15, -0.1) is 0 Å². The zero-order chi connectivity index (χ0) is 13.1. The molecule has 0 aliphatic carbocycles. The minimum absolute atomic E-state index is 0.0153. The van der Waals surface area contributed by atoms with E-state index in [0.717, 1.165) is 17.9 Å². The standard InChI is InChI=1S/C12H12ClNO3S/c13-8-1-2-10(9(5-8)12(16)17)14-11(15)7-3-4-18-6-7/h1-2,5,7H,3-4,6H2,(H,14,15)(H,16,17). The molecule has 96 valence electrons. The Kier molecular flexibility index (Phi) is 4.14. The van der Waals surface area contributed by atoms with Gasteiger partial charge in [-0.25, -0.2) is 4.79 Å². The van der Waals surface area contributed by atoms with E-state index in [9.17, 15) is 9.59 Å². The maximum absolute atomic E-state index is 11.9. The average Bonchev–Trinajstić information content (AvgIpc) is 2.84. The first-order chi connectivity index (χ1) is 8.58. The Morgan fingerprint density at radius 2 is 2.22 bits per heavy atom. The fourth-order valence-corrected chi connectivity index (χ4v) is 3.17. The summed E-state index contributed by atoms with van der Waals surface area (Å²) in [5.74, 6) is 0.512. The first kappa shape index (κ1) is 13.2. The minimum Gasteiger partial charge on any atom is -0.478 e. The molecule has 1 aromatic carbocycles. The van der Waals surface area contributed by atoms with Crippen LogP contribution >= 0.6 is 23.4 Å². The molecule has 1 aliphatic heterocycles. The van der Waals surface area contributed by atoms with E-state index < -0.39 is 5.97 Å². The summed E-state index contributed by atoms with van der Waals surface area (Å²) in [5, 5.41) is 12.1. The molecule has 2 N–H and O–H groups in total. The second-order valence-corrected chi connectivity index (χ2v) is 5.63. The van der Waals surface area contributed by atoms with Crippen LogP contribution in [-0.2, 0) is 4.79 Å². The molecule has 1 heterocycles. The molecular weight excluding hydrogens is 274 g/mol. The van der Waals surface area contributed by atoms with Crippen molar-refractivity contribution in [2.24, 2.45) is 5.92 Å². The highest BCUT2D eigenvalue weighted by molar-refractivity contribution is 7.99. The number of halogens is 1. The Labute approximate surface area is 114 Å². The van der Waals surface area contributed by atoms with Gasteiger partial charge in [-0.1, -0.05) is 11.6 Å². The maximum atomic E-state index is 11.9. The molecule has 2 rings (SSSR count).